The molecule has 0 aromatic heterocycles. The van der Waals surface area contributed by atoms with Crippen molar-refractivity contribution in [2.45, 2.75) is 44.0 Å². The smallest absolute Gasteiger partial charge is 0.0610 e. The molecular formula is C15H25NOS. The summed E-state index contributed by atoms with van der Waals surface area (Å²) < 4.78 is 0. The molecule has 0 radical (unpaired) electrons. The van der Waals surface area contributed by atoms with Gasteiger partial charge in [0.2, 0.25) is 0 Å². The fourth-order valence-corrected chi connectivity index (χ4v) is 2.69. The van der Waals surface area contributed by atoms with Crippen molar-refractivity contribution in [3.63, 3.8) is 0 Å². The van der Waals surface area contributed by atoms with Crippen molar-refractivity contribution in [3.05, 3.63) is 29.3 Å². The van der Waals surface area contributed by atoms with Gasteiger partial charge in [-0.05, 0) is 69.7 Å². The maximum atomic E-state index is 9.30. The van der Waals surface area contributed by atoms with E-state index in [1.807, 2.05) is 18.8 Å². The van der Waals surface area contributed by atoms with Crippen molar-refractivity contribution in [3.8, 4) is 0 Å². The number of benzene rings is 1. The monoisotopic (exact) mass is 267 g/mol. The average molecular weight is 267 g/mol. The molecule has 0 spiro atoms. The Kier molecular flexibility index (Phi) is 6.19. The summed E-state index contributed by atoms with van der Waals surface area (Å²) in [6, 6.07) is 6.63. The van der Waals surface area contributed by atoms with Crippen molar-refractivity contribution in [1.82, 2.24) is 5.32 Å². The summed E-state index contributed by atoms with van der Waals surface area (Å²) in [5, 5.41) is 12.5. The van der Waals surface area contributed by atoms with Crippen LogP contribution in [0.5, 0.6) is 0 Å². The van der Waals surface area contributed by atoms with E-state index < -0.39 is 0 Å². The first-order chi connectivity index (χ1) is 8.50. The predicted molar refractivity (Wildman–Crippen MR) is 80.4 cm³/mol. The lowest BCUT2D eigenvalue weighted by Crippen LogP contribution is -2.43. The summed E-state index contributed by atoms with van der Waals surface area (Å²) >= 11 is 1.90. The number of thioether (sulfide) groups is 1. The average Bonchev–Trinajstić information content (AvgIpc) is 2.38. The third-order valence-corrected chi connectivity index (χ3v) is 4.65. The number of likely N-dealkylation sites (N-methyl/N-ethyl adjacent to an activating group) is 1. The lowest BCUT2D eigenvalue weighted by molar-refractivity contribution is 0.173. The molecule has 0 bridgehead atoms. The zero-order valence-electron chi connectivity index (χ0n) is 11.9. The molecule has 0 saturated heterocycles. The van der Waals surface area contributed by atoms with E-state index in [9.17, 15) is 5.11 Å². The van der Waals surface area contributed by atoms with Gasteiger partial charge >= 0.3 is 0 Å². The van der Waals surface area contributed by atoms with E-state index in [-0.39, 0.29) is 12.1 Å². The van der Waals surface area contributed by atoms with Crippen LogP contribution in [-0.2, 0) is 0 Å². The molecule has 0 aliphatic heterocycles. The first-order valence-corrected chi connectivity index (χ1v) is 7.49. The minimum absolute atomic E-state index is 0.135. The molecule has 3 heteroatoms. The molecule has 1 aromatic carbocycles. The molecule has 102 valence electrons. The topological polar surface area (TPSA) is 32.3 Å². The van der Waals surface area contributed by atoms with Gasteiger partial charge in [0.25, 0.3) is 0 Å². The van der Waals surface area contributed by atoms with Gasteiger partial charge in [0.15, 0.2) is 0 Å². The van der Waals surface area contributed by atoms with Gasteiger partial charge in [-0.25, -0.2) is 0 Å². The van der Waals surface area contributed by atoms with E-state index in [0.717, 1.165) is 18.6 Å². The number of nitrogens with one attached hydrogen (secondary N) is 1. The number of hydrogen-bond donors (Lipinski definition) is 2. The first kappa shape index (κ1) is 15.5. The van der Waals surface area contributed by atoms with Crippen molar-refractivity contribution in [1.29, 1.82) is 0 Å². The number of hydrogen-bond acceptors (Lipinski definition) is 3. The Labute approximate surface area is 115 Å². The van der Waals surface area contributed by atoms with Crippen molar-refractivity contribution in [2.75, 3.05) is 19.4 Å². The number of aliphatic hydroxyl groups excluding tert-OH is 1. The fraction of sp³-hybridized carbons (Fsp3) is 0.600. The van der Waals surface area contributed by atoms with Crippen LogP contribution in [0.1, 0.15) is 30.9 Å². The number of rotatable bonds is 7. The first-order valence-electron chi connectivity index (χ1n) is 6.50. The van der Waals surface area contributed by atoms with E-state index in [1.54, 1.807) is 0 Å². The molecular weight excluding hydrogens is 242 g/mol. The zero-order valence-corrected chi connectivity index (χ0v) is 12.7. The summed E-state index contributed by atoms with van der Waals surface area (Å²) in [7, 11) is 1.91. The maximum Gasteiger partial charge on any atom is 0.0610 e. The van der Waals surface area contributed by atoms with Crippen LogP contribution < -0.4 is 5.32 Å². The zero-order chi connectivity index (χ0) is 13.6. The highest BCUT2D eigenvalue weighted by Crippen LogP contribution is 2.23. The Morgan fingerprint density at radius 1 is 1.28 bits per heavy atom. The summed E-state index contributed by atoms with van der Waals surface area (Å²) in [5.74, 6) is 1.10. The maximum absolute atomic E-state index is 9.30. The Morgan fingerprint density at radius 3 is 2.56 bits per heavy atom. The summed E-state index contributed by atoms with van der Waals surface area (Å²) in [6.45, 7) is 6.55. The minimum atomic E-state index is -0.135. The molecule has 1 atom stereocenters. The van der Waals surface area contributed by atoms with E-state index in [4.69, 9.17) is 0 Å². The molecule has 0 saturated carbocycles. The highest BCUT2D eigenvalue weighted by molar-refractivity contribution is 7.99. The lowest BCUT2D eigenvalue weighted by atomic mass is 9.98. The molecule has 2 nitrogen and oxygen atoms in total. The Morgan fingerprint density at radius 2 is 2.00 bits per heavy atom. The third-order valence-electron chi connectivity index (χ3n) is 3.57. The minimum Gasteiger partial charge on any atom is -0.394 e. The lowest BCUT2D eigenvalue weighted by Gasteiger charge is -2.26. The molecule has 0 amide bonds. The Balaban J connectivity index is 2.36. The second kappa shape index (κ2) is 7.17. The second-order valence-electron chi connectivity index (χ2n) is 5.17. The molecule has 1 rings (SSSR count). The van der Waals surface area contributed by atoms with Crippen LogP contribution in [0.3, 0.4) is 0 Å². The van der Waals surface area contributed by atoms with Gasteiger partial charge in [-0.2, -0.15) is 0 Å². The molecule has 0 aliphatic carbocycles. The van der Waals surface area contributed by atoms with E-state index in [0.29, 0.717) is 0 Å². The van der Waals surface area contributed by atoms with Gasteiger partial charge in [-0.1, -0.05) is 6.07 Å². The molecule has 1 unspecified atom stereocenters. The molecule has 18 heavy (non-hydrogen) atoms. The third kappa shape index (κ3) is 4.63. The van der Waals surface area contributed by atoms with Crippen LogP contribution in [0.15, 0.2) is 23.1 Å². The molecule has 0 heterocycles. The quantitative estimate of drug-likeness (QED) is 0.588. The summed E-state index contributed by atoms with van der Waals surface area (Å²) in [4.78, 5) is 1.34. The molecule has 0 fully saturated rings. The Hall–Kier alpha value is -0.510. The normalized spacial score (nSPS) is 14.5. The van der Waals surface area contributed by atoms with E-state index in [1.165, 1.54) is 16.0 Å². The Bertz CT molecular complexity index is 375. The number of aryl methyl sites for hydroxylation is 2. The summed E-state index contributed by atoms with van der Waals surface area (Å²) in [6.07, 6.45) is 2.10. The standard InChI is InChI=1S/C15H25NOS/c1-12-6-7-14(10-13(12)2)18-9-5-8-15(3,11-17)16-4/h6-7,10,16-17H,5,8-9,11H2,1-4H3. The van der Waals surface area contributed by atoms with Crippen LogP contribution in [-0.4, -0.2) is 30.1 Å². The predicted octanol–water partition coefficient (Wildman–Crippen LogP) is 3.15. The van der Waals surface area contributed by atoms with Crippen molar-refractivity contribution < 1.29 is 5.11 Å². The van der Waals surface area contributed by atoms with Crippen LogP contribution in [0.25, 0.3) is 0 Å². The number of aliphatic hydroxyl groups is 1. The fourth-order valence-electron chi connectivity index (χ4n) is 1.74. The van der Waals surface area contributed by atoms with E-state index >= 15 is 0 Å². The second-order valence-corrected chi connectivity index (χ2v) is 6.34. The van der Waals surface area contributed by atoms with Gasteiger partial charge in [0, 0.05) is 10.4 Å². The van der Waals surface area contributed by atoms with Gasteiger partial charge in [0.05, 0.1) is 6.61 Å². The van der Waals surface area contributed by atoms with E-state index in [2.05, 4.69) is 44.3 Å². The van der Waals surface area contributed by atoms with Crippen LogP contribution in [0, 0.1) is 13.8 Å². The largest absolute Gasteiger partial charge is 0.394 e. The SMILES string of the molecule is CNC(C)(CO)CCCSc1ccc(C)c(C)c1. The molecule has 0 aliphatic rings. The van der Waals surface area contributed by atoms with Gasteiger partial charge in [0.1, 0.15) is 0 Å². The highest BCUT2D eigenvalue weighted by Gasteiger charge is 2.19. The molecule has 1 aromatic rings. The van der Waals surface area contributed by atoms with Gasteiger partial charge in [-0.3, -0.25) is 0 Å². The summed E-state index contributed by atoms with van der Waals surface area (Å²) in [5.41, 5.74) is 2.57. The van der Waals surface area contributed by atoms with Gasteiger partial charge in [-0.15, -0.1) is 11.8 Å². The van der Waals surface area contributed by atoms with Gasteiger partial charge < -0.3 is 10.4 Å². The van der Waals surface area contributed by atoms with Crippen LogP contribution in [0.2, 0.25) is 0 Å². The van der Waals surface area contributed by atoms with Crippen LogP contribution >= 0.6 is 11.8 Å². The van der Waals surface area contributed by atoms with Crippen LogP contribution in [0.4, 0.5) is 0 Å². The van der Waals surface area contributed by atoms with Crippen molar-refractivity contribution >= 4 is 11.8 Å². The van der Waals surface area contributed by atoms with Crippen molar-refractivity contribution in [2.24, 2.45) is 0 Å². The molecule has 2 N–H and O–H groups in total. The highest BCUT2D eigenvalue weighted by atomic mass is 32.2.